The van der Waals surface area contributed by atoms with Gasteiger partial charge in [-0.2, -0.15) is 0 Å². The number of carbonyl (C=O) groups is 1. The quantitative estimate of drug-likeness (QED) is 0.870. The lowest BCUT2D eigenvalue weighted by molar-refractivity contribution is 0.0303. The molecule has 2 aromatic rings. The molecule has 1 amide bonds. The third-order valence-electron chi connectivity index (χ3n) is 3.60. The lowest BCUT2D eigenvalue weighted by Crippen LogP contribution is -2.40. The van der Waals surface area contributed by atoms with Gasteiger partial charge < -0.3 is 9.64 Å². The Balaban J connectivity index is 1.74. The van der Waals surface area contributed by atoms with Crippen LogP contribution in [0.1, 0.15) is 20.8 Å². The van der Waals surface area contributed by atoms with Crippen molar-refractivity contribution in [2.45, 2.75) is 0 Å². The van der Waals surface area contributed by atoms with Gasteiger partial charge in [0.2, 0.25) is 0 Å². The fourth-order valence-corrected chi connectivity index (χ4v) is 3.08. The zero-order valence-electron chi connectivity index (χ0n) is 11.7. The van der Waals surface area contributed by atoms with Crippen LogP contribution in [0.5, 0.6) is 0 Å². The smallest absolute Gasteiger partial charge is 0.254 e. The summed E-state index contributed by atoms with van der Waals surface area (Å²) < 4.78 is 5.27. The predicted octanol–water partition coefficient (Wildman–Crippen LogP) is 3.28. The number of ether oxygens (including phenoxy) is 1. The summed E-state index contributed by atoms with van der Waals surface area (Å²) >= 11 is 1.67. The largest absolute Gasteiger partial charge is 0.378 e. The van der Waals surface area contributed by atoms with E-state index in [0.29, 0.717) is 26.3 Å². The van der Waals surface area contributed by atoms with Gasteiger partial charge in [-0.3, -0.25) is 4.79 Å². The molecule has 0 atom stereocenters. The van der Waals surface area contributed by atoms with Crippen molar-refractivity contribution < 1.29 is 9.53 Å². The number of rotatable bonds is 3. The van der Waals surface area contributed by atoms with Crippen molar-refractivity contribution in [2.75, 3.05) is 26.3 Å². The van der Waals surface area contributed by atoms with E-state index in [2.05, 4.69) is 12.6 Å². The van der Waals surface area contributed by atoms with E-state index < -0.39 is 0 Å². The van der Waals surface area contributed by atoms with Crippen molar-refractivity contribution in [1.82, 2.24) is 4.90 Å². The van der Waals surface area contributed by atoms with E-state index in [9.17, 15) is 4.79 Å². The minimum absolute atomic E-state index is 0.0755. The van der Waals surface area contributed by atoms with Crippen LogP contribution in [0.2, 0.25) is 0 Å². The highest BCUT2D eigenvalue weighted by molar-refractivity contribution is 7.11. The van der Waals surface area contributed by atoms with E-state index in [0.717, 1.165) is 21.6 Å². The Bertz CT molecular complexity index is 625. The highest BCUT2D eigenvalue weighted by Crippen LogP contribution is 2.25. The number of benzene rings is 1. The van der Waals surface area contributed by atoms with Gasteiger partial charge in [-0.1, -0.05) is 24.8 Å². The van der Waals surface area contributed by atoms with Crippen molar-refractivity contribution in [1.29, 1.82) is 0 Å². The normalized spacial score (nSPS) is 15.0. The van der Waals surface area contributed by atoms with Gasteiger partial charge in [0.05, 0.1) is 13.2 Å². The van der Waals surface area contributed by atoms with Crippen LogP contribution in [-0.2, 0) is 4.74 Å². The molecule has 0 bridgehead atoms. The summed E-state index contributed by atoms with van der Waals surface area (Å²) in [7, 11) is 0. The van der Waals surface area contributed by atoms with Gasteiger partial charge in [-0.15, -0.1) is 11.3 Å². The summed E-state index contributed by atoms with van der Waals surface area (Å²) in [5, 5.41) is 2.04. The molecule has 0 radical (unpaired) electrons. The Kier molecular flexibility index (Phi) is 4.18. The average Bonchev–Trinajstić information content (AvgIpc) is 3.09. The first-order chi connectivity index (χ1) is 10.3. The first-order valence-corrected chi connectivity index (χ1v) is 7.84. The fraction of sp³-hybridized carbons (Fsp3) is 0.235. The van der Waals surface area contributed by atoms with E-state index >= 15 is 0 Å². The van der Waals surface area contributed by atoms with Crippen LogP contribution in [0.25, 0.3) is 5.57 Å². The molecule has 0 N–H and O–H groups in total. The summed E-state index contributed by atoms with van der Waals surface area (Å²) in [6.45, 7) is 6.72. The summed E-state index contributed by atoms with van der Waals surface area (Å²) in [5.74, 6) is 0.0755. The molecule has 1 saturated heterocycles. The van der Waals surface area contributed by atoms with Crippen LogP contribution in [0, 0.1) is 0 Å². The second kappa shape index (κ2) is 6.24. The summed E-state index contributed by atoms with van der Waals surface area (Å²) in [6.07, 6.45) is 0. The van der Waals surface area contributed by atoms with Crippen molar-refractivity contribution in [3.63, 3.8) is 0 Å². The molecule has 0 spiro atoms. The van der Waals surface area contributed by atoms with Gasteiger partial charge in [-0.25, -0.2) is 0 Å². The second-order valence-corrected chi connectivity index (χ2v) is 5.89. The summed E-state index contributed by atoms with van der Waals surface area (Å²) in [5.41, 5.74) is 2.77. The van der Waals surface area contributed by atoms with Crippen LogP contribution < -0.4 is 0 Å². The standard InChI is InChI=1S/C17H17NO2S/c1-13(16-3-2-12-21-16)14-4-6-15(7-5-14)17(19)18-8-10-20-11-9-18/h2-7,12H,1,8-11H2. The minimum Gasteiger partial charge on any atom is -0.378 e. The molecule has 0 unspecified atom stereocenters. The monoisotopic (exact) mass is 299 g/mol. The summed E-state index contributed by atoms with van der Waals surface area (Å²) in [4.78, 5) is 15.4. The molecule has 0 saturated carbocycles. The molecule has 1 aromatic carbocycles. The SMILES string of the molecule is C=C(c1ccc(C(=O)N2CCOCC2)cc1)c1cccs1. The molecular weight excluding hydrogens is 282 g/mol. The van der Waals surface area contributed by atoms with Gasteiger partial charge in [0, 0.05) is 23.5 Å². The van der Waals surface area contributed by atoms with Crippen LogP contribution >= 0.6 is 11.3 Å². The molecule has 0 aliphatic carbocycles. The molecular formula is C17H17NO2S. The van der Waals surface area contributed by atoms with Gasteiger partial charge in [0.25, 0.3) is 5.91 Å². The molecule has 4 heteroatoms. The van der Waals surface area contributed by atoms with Crippen LogP contribution in [-0.4, -0.2) is 37.1 Å². The molecule has 1 aliphatic heterocycles. The number of amides is 1. The Hall–Kier alpha value is -1.91. The first kappa shape index (κ1) is 14.0. The number of carbonyl (C=O) groups excluding carboxylic acids is 1. The topological polar surface area (TPSA) is 29.5 Å². The Morgan fingerprint density at radius 3 is 2.38 bits per heavy atom. The zero-order valence-corrected chi connectivity index (χ0v) is 12.6. The van der Waals surface area contributed by atoms with Gasteiger partial charge in [-0.05, 0) is 34.7 Å². The molecule has 108 valence electrons. The maximum Gasteiger partial charge on any atom is 0.254 e. The van der Waals surface area contributed by atoms with Crippen molar-refractivity contribution in [2.24, 2.45) is 0 Å². The third-order valence-corrected chi connectivity index (χ3v) is 4.53. The minimum atomic E-state index is 0.0755. The lowest BCUT2D eigenvalue weighted by atomic mass is 10.0. The maximum absolute atomic E-state index is 12.4. The lowest BCUT2D eigenvalue weighted by Gasteiger charge is -2.26. The van der Waals surface area contributed by atoms with Crippen molar-refractivity contribution >= 4 is 22.8 Å². The van der Waals surface area contributed by atoms with Gasteiger partial charge in [0.1, 0.15) is 0 Å². The van der Waals surface area contributed by atoms with E-state index in [1.165, 1.54) is 0 Å². The molecule has 1 aromatic heterocycles. The highest BCUT2D eigenvalue weighted by Gasteiger charge is 2.18. The third kappa shape index (κ3) is 3.06. The zero-order chi connectivity index (χ0) is 14.7. The first-order valence-electron chi connectivity index (χ1n) is 6.96. The van der Waals surface area contributed by atoms with Crippen LogP contribution in [0.3, 0.4) is 0 Å². The van der Waals surface area contributed by atoms with E-state index in [4.69, 9.17) is 4.74 Å². The molecule has 1 aliphatic rings. The molecule has 2 heterocycles. The number of morpholine rings is 1. The van der Waals surface area contributed by atoms with E-state index in [-0.39, 0.29) is 5.91 Å². The number of thiophene rings is 1. The number of nitrogens with zero attached hydrogens (tertiary/aromatic N) is 1. The maximum atomic E-state index is 12.4. The molecule has 21 heavy (non-hydrogen) atoms. The van der Waals surface area contributed by atoms with E-state index in [1.54, 1.807) is 11.3 Å². The van der Waals surface area contributed by atoms with Gasteiger partial charge >= 0.3 is 0 Å². The van der Waals surface area contributed by atoms with Crippen molar-refractivity contribution in [3.8, 4) is 0 Å². The van der Waals surface area contributed by atoms with Crippen LogP contribution in [0.4, 0.5) is 0 Å². The molecule has 1 fully saturated rings. The number of hydrogen-bond acceptors (Lipinski definition) is 3. The Morgan fingerprint density at radius 2 is 1.76 bits per heavy atom. The van der Waals surface area contributed by atoms with Crippen molar-refractivity contribution in [3.05, 3.63) is 64.4 Å². The fourth-order valence-electron chi connectivity index (χ4n) is 2.36. The molecule has 3 nitrogen and oxygen atoms in total. The Morgan fingerprint density at radius 1 is 1.10 bits per heavy atom. The number of hydrogen-bond donors (Lipinski definition) is 0. The summed E-state index contributed by atoms with van der Waals surface area (Å²) in [6, 6.07) is 11.8. The van der Waals surface area contributed by atoms with Crippen LogP contribution in [0.15, 0.2) is 48.4 Å². The van der Waals surface area contributed by atoms with Gasteiger partial charge in [0.15, 0.2) is 0 Å². The predicted molar refractivity (Wildman–Crippen MR) is 85.6 cm³/mol. The van der Waals surface area contributed by atoms with E-state index in [1.807, 2.05) is 40.6 Å². The highest BCUT2D eigenvalue weighted by atomic mass is 32.1. The molecule has 3 rings (SSSR count). The second-order valence-electron chi connectivity index (χ2n) is 4.94. The average molecular weight is 299 g/mol. The Labute approximate surface area is 128 Å².